The van der Waals surface area contributed by atoms with Gasteiger partial charge in [0.25, 0.3) is 0 Å². The summed E-state index contributed by atoms with van der Waals surface area (Å²) >= 11 is 12.9. The van der Waals surface area contributed by atoms with E-state index in [4.69, 9.17) is 23.2 Å². The Hall–Kier alpha value is -1.81. The van der Waals surface area contributed by atoms with E-state index in [1.54, 1.807) is 0 Å². The van der Waals surface area contributed by atoms with Crippen LogP contribution < -0.4 is 0 Å². The highest BCUT2D eigenvalue weighted by atomic mass is 35.5. The van der Waals surface area contributed by atoms with Gasteiger partial charge in [0.15, 0.2) is 0 Å². The van der Waals surface area contributed by atoms with E-state index in [2.05, 4.69) is 40.7 Å². The molecule has 2 aromatic heterocycles. The van der Waals surface area contributed by atoms with Gasteiger partial charge < -0.3 is 9.47 Å². The lowest BCUT2D eigenvalue weighted by molar-refractivity contribution is 0.312. The minimum Gasteiger partial charge on any atom is -0.320 e. The molecule has 0 atom stereocenters. The predicted octanol–water partition coefficient (Wildman–Crippen LogP) is 5.35. The molecular formula is C20H19Cl2N3. The zero-order chi connectivity index (χ0) is 17.6. The second-order valence-electron chi connectivity index (χ2n) is 6.59. The summed E-state index contributed by atoms with van der Waals surface area (Å²) in [5, 5.41) is 2.34. The van der Waals surface area contributed by atoms with E-state index >= 15 is 0 Å². The van der Waals surface area contributed by atoms with Crippen LogP contribution in [0.3, 0.4) is 0 Å². The molecule has 0 saturated heterocycles. The van der Waals surface area contributed by atoms with E-state index in [0.29, 0.717) is 10.0 Å². The minimum absolute atomic E-state index is 0.608. The zero-order valence-electron chi connectivity index (χ0n) is 14.3. The summed E-state index contributed by atoms with van der Waals surface area (Å²) < 4.78 is 2.29. The molecule has 128 valence electrons. The molecule has 3 nitrogen and oxygen atoms in total. The number of halogens is 2. The molecule has 5 heteroatoms. The lowest BCUT2D eigenvalue weighted by atomic mass is 10.0. The molecule has 0 saturated carbocycles. The van der Waals surface area contributed by atoms with Crippen molar-refractivity contribution in [2.45, 2.75) is 19.9 Å². The van der Waals surface area contributed by atoms with E-state index in [-0.39, 0.29) is 0 Å². The van der Waals surface area contributed by atoms with Crippen molar-refractivity contribution < 1.29 is 0 Å². The summed E-state index contributed by atoms with van der Waals surface area (Å²) in [5.41, 5.74) is 6.08. The van der Waals surface area contributed by atoms with Gasteiger partial charge in [-0.05, 0) is 54.9 Å². The fourth-order valence-electron chi connectivity index (χ4n) is 3.58. The Morgan fingerprint density at radius 3 is 2.68 bits per heavy atom. The quantitative estimate of drug-likeness (QED) is 0.605. The molecule has 4 rings (SSSR count). The highest BCUT2D eigenvalue weighted by molar-refractivity contribution is 6.45. The molecule has 25 heavy (non-hydrogen) atoms. The van der Waals surface area contributed by atoms with Crippen LogP contribution in [0.15, 0.2) is 36.7 Å². The number of pyridine rings is 1. The maximum absolute atomic E-state index is 6.58. The van der Waals surface area contributed by atoms with E-state index in [0.717, 1.165) is 30.4 Å². The van der Waals surface area contributed by atoms with Crippen LogP contribution in [0.5, 0.6) is 0 Å². The number of hydrogen-bond acceptors (Lipinski definition) is 2. The largest absolute Gasteiger partial charge is 0.320 e. The molecule has 3 aromatic rings. The first-order valence-corrected chi connectivity index (χ1v) is 9.09. The van der Waals surface area contributed by atoms with E-state index < -0.39 is 0 Å². The highest BCUT2D eigenvalue weighted by Gasteiger charge is 2.24. The van der Waals surface area contributed by atoms with E-state index in [1.165, 1.54) is 22.4 Å². The Morgan fingerprint density at radius 2 is 1.92 bits per heavy atom. The number of allylic oxidation sites excluding steroid dienone is 1. The Kier molecular flexibility index (Phi) is 4.32. The summed E-state index contributed by atoms with van der Waals surface area (Å²) in [4.78, 5) is 6.43. The first kappa shape index (κ1) is 16.6. The normalized spacial score (nSPS) is 15.6. The smallest absolute Gasteiger partial charge is 0.0689 e. The van der Waals surface area contributed by atoms with Crippen LogP contribution in [-0.4, -0.2) is 28.0 Å². The molecular weight excluding hydrogens is 353 g/mol. The van der Waals surface area contributed by atoms with Crippen molar-refractivity contribution in [3.63, 3.8) is 0 Å². The minimum atomic E-state index is 0.608. The second kappa shape index (κ2) is 6.49. The van der Waals surface area contributed by atoms with Crippen molar-refractivity contribution in [3.05, 3.63) is 63.5 Å². The molecule has 0 bridgehead atoms. The number of likely N-dealkylation sites (N-methyl/N-ethyl adjacent to an activating group) is 1. The van der Waals surface area contributed by atoms with E-state index in [9.17, 15) is 0 Å². The maximum Gasteiger partial charge on any atom is 0.0689 e. The maximum atomic E-state index is 6.58. The van der Waals surface area contributed by atoms with Gasteiger partial charge in [-0.2, -0.15) is 0 Å². The van der Waals surface area contributed by atoms with E-state index in [1.807, 2.05) is 30.6 Å². The van der Waals surface area contributed by atoms with Crippen molar-refractivity contribution in [1.82, 2.24) is 14.5 Å². The summed E-state index contributed by atoms with van der Waals surface area (Å²) in [5.74, 6) is 0. The molecule has 1 aliphatic rings. The standard InChI is InChI=1S/C20H19Cl2N3/c1-13(14-5-8-23-9-6-14)11-25-17-7-10-24(2)12-15(17)19-18(25)4-3-16(21)20(19)22/h3-6,8-9,11H,7,10,12H2,1-2H3/b13-11+. The van der Waals surface area contributed by atoms with Crippen molar-refractivity contribution in [3.8, 4) is 0 Å². The Labute approximate surface area is 157 Å². The van der Waals surface area contributed by atoms with Crippen LogP contribution in [0, 0.1) is 0 Å². The molecule has 0 radical (unpaired) electrons. The van der Waals surface area contributed by atoms with Crippen LogP contribution >= 0.6 is 23.2 Å². The number of benzene rings is 1. The molecule has 0 spiro atoms. The number of rotatable bonds is 2. The summed E-state index contributed by atoms with van der Waals surface area (Å²) in [7, 11) is 2.14. The van der Waals surface area contributed by atoms with Crippen LogP contribution in [0.2, 0.25) is 10.0 Å². The number of aromatic nitrogens is 2. The van der Waals surface area contributed by atoms with Gasteiger partial charge >= 0.3 is 0 Å². The SMILES string of the molecule is C/C(=C\n1c2c(c3c(Cl)c(Cl)ccc31)CN(C)CC2)c1ccncc1. The Bertz CT molecular complexity index is 974. The monoisotopic (exact) mass is 371 g/mol. The molecule has 0 aliphatic carbocycles. The lowest BCUT2D eigenvalue weighted by Gasteiger charge is -2.23. The third-order valence-electron chi connectivity index (χ3n) is 4.89. The molecule has 3 heterocycles. The molecule has 0 amide bonds. The first-order valence-electron chi connectivity index (χ1n) is 8.33. The molecule has 0 N–H and O–H groups in total. The zero-order valence-corrected chi connectivity index (χ0v) is 15.8. The number of nitrogens with zero attached hydrogens (tertiary/aromatic N) is 3. The topological polar surface area (TPSA) is 21.1 Å². The van der Waals surface area contributed by atoms with Gasteiger partial charge in [0.2, 0.25) is 0 Å². The fraction of sp³-hybridized carbons (Fsp3) is 0.250. The second-order valence-corrected chi connectivity index (χ2v) is 7.37. The van der Waals surface area contributed by atoms with Gasteiger partial charge in [0.1, 0.15) is 0 Å². The fourth-order valence-corrected chi connectivity index (χ4v) is 4.01. The van der Waals surface area contributed by atoms with Crippen LogP contribution in [0.25, 0.3) is 22.7 Å². The third kappa shape index (κ3) is 2.86. The van der Waals surface area contributed by atoms with Crippen LogP contribution in [0.1, 0.15) is 23.7 Å². The number of hydrogen-bond donors (Lipinski definition) is 0. The predicted molar refractivity (Wildman–Crippen MR) is 106 cm³/mol. The average molecular weight is 372 g/mol. The summed E-state index contributed by atoms with van der Waals surface area (Å²) in [6.45, 7) is 4.05. The molecule has 1 aliphatic heterocycles. The molecule has 0 fully saturated rings. The van der Waals surface area contributed by atoms with Crippen molar-refractivity contribution in [2.24, 2.45) is 0 Å². The Morgan fingerprint density at radius 1 is 1.16 bits per heavy atom. The van der Waals surface area contributed by atoms with Crippen LogP contribution in [-0.2, 0) is 13.0 Å². The van der Waals surface area contributed by atoms with Gasteiger partial charge in [-0.15, -0.1) is 0 Å². The first-order chi connectivity index (χ1) is 12.1. The summed E-state index contributed by atoms with van der Waals surface area (Å²) in [6, 6.07) is 8.01. The van der Waals surface area contributed by atoms with Gasteiger partial charge in [0.05, 0.1) is 15.6 Å². The van der Waals surface area contributed by atoms with Gasteiger partial charge in [-0.3, -0.25) is 4.98 Å². The molecule has 1 aromatic carbocycles. The highest BCUT2D eigenvalue weighted by Crippen LogP contribution is 2.39. The van der Waals surface area contributed by atoms with Gasteiger partial charge in [-0.25, -0.2) is 0 Å². The average Bonchev–Trinajstić information content (AvgIpc) is 2.92. The van der Waals surface area contributed by atoms with Crippen LogP contribution in [0.4, 0.5) is 0 Å². The summed E-state index contributed by atoms with van der Waals surface area (Å²) in [6.07, 6.45) is 6.84. The van der Waals surface area contributed by atoms with Gasteiger partial charge in [-0.1, -0.05) is 23.2 Å². The van der Waals surface area contributed by atoms with Crippen molar-refractivity contribution in [1.29, 1.82) is 0 Å². The third-order valence-corrected chi connectivity index (χ3v) is 5.69. The van der Waals surface area contributed by atoms with Crippen molar-refractivity contribution >= 4 is 45.9 Å². The Balaban J connectivity index is 1.97. The number of fused-ring (bicyclic) bond motifs is 3. The van der Waals surface area contributed by atoms with Gasteiger partial charge in [0, 0.05) is 49.2 Å². The lowest BCUT2D eigenvalue weighted by Crippen LogP contribution is -2.26. The van der Waals surface area contributed by atoms with Crippen molar-refractivity contribution in [2.75, 3.05) is 13.6 Å². The molecule has 0 unspecified atom stereocenters.